The zero-order valence-corrected chi connectivity index (χ0v) is 16.8. The fourth-order valence-corrected chi connectivity index (χ4v) is 3.35. The largest absolute Gasteiger partial charge is 0.435 e. The highest BCUT2D eigenvalue weighted by molar-refractivity contribution is 7.99. The molecule has 29 heavy (non-hydrogen) atoms. The van der Waals surface area contributed by atoms with Crippen molar-refractivity contribution in [3.05, 3.63) is 59.1 Å². The van der Waals surface area contributed by atoms with E-state index in [0.717, 1.165) is 11.3 Å². The van der Waals surface area contributed by atoms with E-state index in [2.05, 4.69) is 20.3 Å². The van der Waals surface area contributed by atoms with Crippen molar-refractivity contribution in [1.29, 1.82) is 0 Å². The number of benzene rings is 2. The average molecular weight is 440 g/mol. The number of nitrogens with zero attached hydrogens (tertiary/aromatic N) is 5. The van der Waals surface area contributed by atoms with E-state index in [1.165, 1.54) is 33.5 Å². The van der Waals surface area contributed by atoms with Crippen LogP contribution in [0.15, 0.2) is 53.7 Å². The third-order valence-corrected chi connectivity index (χ3v) is 4.99. The van der Waals surface area contributed by atoms with Gasteiger partial charge >= 0.3 is 6.61 Å². The lowest BCUT2D eigenvalue weighted by Gasteiger charge is -2.17. The molecule has 0 fully saturated rings. The Morgan fingerprint density at radius 2 is 1.90 bits per heavy atom. The number of ether oxygens (including phenoxy) is 1. The fourth-order valence-electron chi connectivity index (χ4n) is 2.39. The summed E-state index contributed by atoms with van der Waals surface area (Å²) >= 11 is 7.10. The molecule has 0 radical (unpaired) electrons. The van der Waals surface area contributed by atoms with Crippen LogP contribution in [0.2, 0.25) is 5.02 Å². The minimum atomic E-state index is -2.87. The van der Waals surface area contributed by atoms with Gasteiger partial charge in [-0.15, -0.1) is 5.10 Å². The Bertz CT molecular complexity index is 954. The van der Waals surface area contributed by atoms with Gasteiger partial charge < -0.3 is 9.64 Å². The van der Waals surface area contributed by atoms with Crippen molar-refractivity contribution < 1.29 is 18.3 Å². The highest BCUT2D eigenvalue weighted by atomic mass is 35.5. The fraction of sp³-hybridized carbons (Fsp3) is 0.222. The summed E-state index contributed by atoms with van der Waals surface area (Å²) in [7, 11) is 1.66. The second kappa shape index (κ2) is 9.66. The van der Waals surface area contributed by atoms with Gasteiger partial charge in [0.2, 0.25) is 11.1 Å². The predicted molar refractivity (Wildman–Crippen MR) is 104 cm³/mol. The number of carbonyl (C=O) groups excluding carboxylic acids is 1. The number of amides is 1. The maximum absolute atomic E-state index is 12.4. The first-order valence-electron chi connectivity index (χ1n) is 8.37. The van der Waals surface area contributed by atoms with Crippen LogP contribution in [0.25, 0.3) is 5.69 Å². The van der Waals surface area contributed by atoms with Crippen LogP contribution < -0.4 is 4.74 Å². The molecule has 0 N–H and O–H groups in total. The van der Waals surface area contributed by atoms with Gasteiger partial charge in [-0.05, 0) is 52.4 Å². The molecule has 0 aliphatic heterocycles. The predicted octanol–water partition coefficient (Wildman–Crippen LogP) is 3.67. The molecule has 3 aromatic rings. The number of thioether (sulfide) groups is 1. The van der Waals surface area contributed by atoms with Crippen LogP contribution >= 0.6 is 23.4 Å². The van der Waals surface area contributed by atoms with Gasteiger partial charge in [0.15, 0.2) is 0 Å². The summed E-state index contributed by atoms with van der Waals surface area (Å²) in [4.78, 5) is 14.0. The Labute approximate surface area is 174 Å². The van der Waals surface area contributed by atoms with Crippen LogP contribution in [0, 0.1) is 0 Å². The standard InChI is InChI=1S/C18H16ClF2N5O2S/c1-25(10-12-2-8-15(9-3-12)28-17(20)21)16(27)11-29-18-22-23-24-26(18)14-6-4-13(19)5-7-14/h2-9,17H,10-11H2,1H3. The lowest BCUT2D eigenvalue weighted by atomic mass is 10.2. The highest BCUT2D eigenvalue weighted by Gasteiger charge is 2.15. The van der Waals surface area contributed by atoms with Gasteiger partial charge in [0, 0.05) is 18.6 Å². The van der Waals surface area contributed by atoms with Gasteiger partial charge in [-0.1, -0.05) is 35.5 Å². The minimum absolute atomic E-state index is 0.0716. The first-order valence-corrected chi connectivity index (χ1v) is 9.73. The SMILES string of the molecule is CN(Cc1ccc(OC(F)F)cc1)C(=O)CSc1nnnn1-c1ccc(Cl)cc1. The molecule has 3 rings (SSSR count). The molecule has 0 unspecified atom stereocenters. The van der Waals surface area contributed by atoms with E-state index in [9.17, 15) is 13.6 Å². The number of tetrazole rings is 1. The Kier molecular flexibility index (Phi) is 6.99. The van der Waals surface area contributed by atoms with Gasteiger partial charge in [0.1, 0.15) is 5.75 Å². The smallest absolute Gasteiger partial charge is 0.387 e. The highest BCUT2D eigenvalue weighted by Crippen LogP contribution is 2.21. The van der Waals surface area contributed by atoms with Crippen molar-refractivity contribution in [3.63, 3.8) is 0 Å². The molecule has 1 heterocycles. The summed E-state index contributed by atoms with van der Waals surface area (Å²) < 4.78 is 30.2. The van der Waals surface area contributed by atoms with E-state index in [1.807, 2.05) is 0 Å². The summed E-state index contributed by atoms with van der Waals surface area (Å²) in [5.74, 6) is 0.0766. The van der Waals surface area contributed by atoms with E-state index in [4.69, 9.17) is 11.6 Å². The third-order valence-electron chi connectivity index (χ3n) is 3.83. The quantitative estimate of drug-likeness (QED) is 0.499. The normalized spacial score (nSPS) is 10.9. The zero-order chi connectivity index (χ0) is 20.8. The Hall–Kier alpha value is -2.72. The zero-order valence-electron chi connectivity index (χ0n) is 15.2. The Balaban J connectivity index is 1.56. The van der Waals surface area contributed by atoms with Crippen LogP contribution in [0.1, 0.15) is 5.56 Å². The molecule has 0 atom stereocenters. The summed E-state index contributed by atoms with van der Waals surface area (Å²) in [6.07, 6.45) is 0. The summed E-state index contributed by atoms with van der Waals surface area (Å²) in [6.45, 7) is -2.54. The third kappa shape index (κ3) is 5.88. The first-order chi connectivity index (χ1) is 13.9. The van der Waals surface area contributed by atoms with E-state index < -0.39 is 6.61 Å². The molecule has 152 valence electrons. The van der Waals surface area contributed by atoms with E-state index in [-0.39, 0.29) is 17.4 Å². The lowest BCUT2D eigenvalue weighted by Crippen LogP contribution is -2.27. The number of hydrogen-bond donors (Lipinski definition) is 0. The van der Waals surface area contributed by atoms with Crippen LogP contribution in [-0.2, 0) is 11.3 Å². The minimum Gasteiger partial charge on any atom is -0.435 e. The number of halogens is 3. The molecule has 0 aliphatic rings. The molecule has 0 aliphatic carbocycles. The Morgan fingerprint density at radius 1 is 1.21 bits per heavy atom. The Morgan fingerprint density at radius 3 is 2.55 bits per heavy atom. The van der Waals surface area contributed by atoms with E-state index in [0.29, 0.717) is 16.7 Å². The number of aromatic nitrogens is 4. The number of hydrogen-bond acceptors (Lipinski definition) is 6. The summed E-state index contributed by atoms with van der Waals surface area (Å²) in [5, 5.41) is 12.6. The van der Waals surface area contributed by atoms with Crippen LogP contribution in [0.3, 0.4) is 0 Å². The van der Waals surface area contributed by atoms with Crippen molar-refractivity contribution in [2.75, 3.05) is 12.8 Å². The second-order valence-electron chi connectivity index (χ2n) is 5.91. The van der Waals surface area contributed by atoms with Crippen LogP contribution in [0.5, 0.6) is 5.75 Å². The van der Waals surface area contributed by atoms with Crippen molar-refractivity contribution in [2.45, 2.75) is 18.3 Å². The molecule has 11 heteroatoms. The van der Waals surface area contributed by atoms with Gasteiger partial charge in [-0.2, -0.15) is 13.5 Å². The lowest BCUT2D eigenvalue weighted by molar-refractivity contribution is -0.127. The topological polar surface area (TPSA) is 73.1 Å². The maximum Gasteiger partial charge on any atom is 0.387 e. The molecular formula is C18H16ClF2N5O2S. The monoisotopic (exact) mass is 439 g/mol. The molecule has 1 aromatic heterocycles. The maximum atomic E-state index is 12.4. The number of rotatable bonds is 8. The van der Waals surface area contributed by atoms with Crippen LogP contribution in [0.4, 0.5) is 8.78 Å². The van der Waals surface area contributed by atoms with Gasteiger partial charge in [-0.3, -0.25) is 4.79 Å². The molecule has 0 saturated carbocycles. The first kappa shape index (κ1) is 21.0. The van der Waals surface area contributed by atoms with Crippen molar-refractivity contribution in [1.82, 2.24) is 25.1 Å². The summed E-state index contributed by atoms with van der Waals surface area (Å²) in [5.41, 5.74) is 1.52. The van der Waals surface area contributed by atoms with Gasteiger partial charge in [0.05, 0.1) is 11.4 Å². The summed E-state index contributed by atoms with van der Waals surface area (Å²) in [6, 6.07) is 13.2. The van der Waals surface area contributed by atoms with E-state index >= 15 is 0 Å². The molecule has 0 spiro atoms. The van der Waals surface area contributed by atoms with Gasteiger partial charge in [0.25, 0.3) is 0 Å². The molecule has 0 saturated heterocycles. The van der Waals surface area contributed by atoms with Crippen molar-refractivity contribution in [3.8, 4) is 11.4 Å². The molecule has 7 nitrogen and oxygen atoms in total. The van der Waals surface area contributed by atoms with Gasteiger partial charge in [-0.25, -0.2) is 0 Å². The van der Waals surface area contributed by atoms with Crippen molar-refractivity contribution in [2.24, 2.45) is 0 Å². The second-order valence-corrected chi connectivity index (χ2v) is 7.29. The molecule has 0 bridgehead atoms. The van der Waals surface area contributed by atoms with Crippen LogP contribution in [-0.4, -0.2) is 50.4 Å². The van der Waals surface area contributed by atoms with Crippen molar-refractivity contribution >= 4 is 29.3 Å². The number of carbonyl (C=O) groups is 1. The average Bonchev–Trinajstić information content (AvgIpc) is 3.16. The number of alkyl halides is 2. The van der Waals surface area contributed by atoms with E-state index in [1.54, 1.807) is 43.4 Å². The molecule has 1 amide bonds. The molecular weight excluding hydrogens is 424 g/mol. The molecule has 2 aromatic carbocycles.